The van der Waals surface area contributed by atoms with E-state index in [1.54, 1.807) is 0 Å². The second kappa shape index (κ2) is 5.38. The van der Waals surface area contributed by atoms with Gasteiger partial charge in [0, 0.05) is 12.8 Å². The molecule has 0 aromatic rings. The van der Waals surface area contributed by atoms with E-state index < -0.39 is 5.79 Å². The highest BCUT2D eigenvalue weighted by Crippen LogP contribution is 2.44. The summed E-state index contributed by atoms with van der Waals surface area (Å²) >= 11 is 0. The molecular weight excluding hydrogens is 216 g/mol. The molecule has 1 rings (SSSR count). The summed E-state index contributed by atoms with van der Waals surface area (Å²) in [5.41, 5.74) is -0.337. The Balaban J connectivity index is 3.10. The number of carbonyl (C=O) groups excluding carboxylic acids is 1. The lowest BCUT2D eigenvalue weighted by molar-refractivity contribution is -0.324. The van der Waals surface area contributed by atoms with Crippen LogP contribution in [-0.4, -0.2) is 17.4 Å². The Kier molecular flexibility index (Phi) is 4.59. The second-order valence-electron chi connectivity index (χ2n) is 4.87. The van der Waals surface area contributed by atoms with Crippen LogP contribution in [0.5, 0.6) is 0 Å². The molecule has 0 amide bonds. The van der Waals surface area contributed by atoms with Crippen LogP contribution in [0.2, 0.25) is 0 Å². The Hall–Kier alpha value is -0.570. The van der Waals surface area contributed by atoms with E-state index in [9.17, 15) is 4.79 Å². The van der Waals surface area contributed by atoms with Crippen LogP contribution in [0.1, 0.15) is 66.7 Å². The molecule has 1 fully saturated rings. The number of carbonyl (C=O) groups is 1. The molecule has 1 saturated heterocycles. The van der Waals surface area contributed by atoms with Gasteiger partial charge in [-0.1, -0.05) is 34.6 Å². The summed E-state index contributed by atoms with van der Waals surface area (Å²) < 4.78 is 11.9. The van der Waals surface area contributed by atoms with Gasteiger partial charge in [-0.2, -0.15) is 0 Å². The van der Waals surface area contributed by atoms with Gasteiger partial charge in [-0.05, 0) is 19.3 Å². The third-order valence-corrected chi connectivity index (χ3v) is 4.28. The van der Waals surface area contributed by atoms with Gasteiger partial charge in [0.1, 0.15) is 0 Å². The zero-order valence-corrected chi connectivity index (χ0v) is 11.8. The van der Waals surface area contributed by atoms with Crippen LogP contribution in [0.4, 0.5) is 0 Å². The molecule has 3 heteroatoms. The summed E-state index contributed by atoms with van der Waals surface area (Å²) in [5.74, 6) is -0.899. The SMILES string of the molecule is CCC1C(=O)OC(CC)(CC)OC1(CC)CC. The highest BCUT2D eigenvalue weighted by atomic mass is 16.7. The van der Waals surface area contributed by atoms with Crippen molar-refractivity contribution in [2.45, 2.75) is 78.1 Å². The van der Waals surface area contributed by atoms with Crippen LogP contribution in [-0.2, 0) is 14.3 Å². The average Bonchev–Trinajstić information content (AvgIpc) is 2.37. The van der Waals surface area contributed by atoms with E-state index in [0.717, 1.165) is 19.3 Å². The fourth-order valence-corrected chi connectivity index (χ4v) is 2.90. The van der Waals surface area contributed by atoms with Gasteiger partial charge in [-0.25, -0.2) is 0 Å². The molecule has 1 atom stereocenters. The van der Waals surface area contributed by atoms with Gasteiger partial charge >= 0.3 is 5.97 Å². The largest absolute Gasteiger partial charge is 0.433 e. The lowest BCUT2D eigenvalue weighted by Gasteiger charge is -2.50. The van der Waals surface area contributed by atoms with Crippen molar-refractivity contribution in [1.82, 2.24) is 0 Å². The molecule has 3 nitrogen and oxygen atoms in total. The standard InChI is InChI=1S/C14H26O3/c1-6-11-12(15)16-14(9-4,10-5)17-13(11,7-2)8-3/h11H,6-10H2,1-5H3. The molecule has 0 aromatic heterocycles. The molecule has 1 aliphatic heterocycles. The maximum atomic E-state index is 12.2. The number of hydrogen-bond acceptors (Lipinski definition) is 3. The molecule has 1 unspecified atom stereocenters. The quantitative estimate of drug-likeness (QED) is 0.690. The van der Waals surface area contributed by atoms with E-state index in [4.69, 9.17) is 9.47 Å². The minimum absolute atomic E-state index is 0.0776. The fraction of sp³-hybridized carbons (Fsp3) is 0.929. The first-order chi connectivity index (χ1) is 8.03. The second-order valence-corrected chi connectivity index (χ2v) is 4.87. The van der Waals surface area contributed by atoms with E-state index in [-0.39, 0.29) is 17.5 Å². The molecule has 0 spiro atoms. The zero-order chi connectivity index (χ0) is 13.1. The molecule has 1 heterocycles. The molecule has 0 aliphatic carbocycles. The van der Waals surface area contributed by atoms with Gasteiger partial charge in [0.15, 0.2) is 0 Å². The maximum absolute atomic E-state index is 12.2. The van der Waals surface area contributed by atoms with Crippen LogP contribution in [0.15, 0.2) is 0 Å². The minimum atomic E-state index is -0.700. The first-order valence-corrected chi connectivity index (χ1v) is 6.96. The molecule has 17 heavy (non-hydrogen) atoms. The van der Waals surface area contributed by atoms with Crippen molar-refractivity contribution >= 4 is 5.97 Å². The van der Waals surface area contributed by atoms with Crippen molar-refractivity contribution in [2.24, 2.45) is 5.92 Å². The van der Waals surface area contributed by atoms with E-state index in [2.05, 4.69) is 13.8 Å². The Morgan fingerprint density at radius 2 is 1.53 bits per heavy atom. The number of hydrogen-bond donors (Lipinski definition) is 0. The molecular formula is C14H26O3. The normalized spacial score (nSPS) is 26.6. The average molecular weight is 242 g/mol. The van der Waals surface area contributed by atoms with Crippen LogP contribution in [0, 0.1) is 5.92 Å². The van der Waals surface area contributed by atoms with E-state index in [1.165, 1.54) is 0 Å². The van der Waals surface area contributed by atoms with Crippen LogP contribution >= 0.6 is 0 Å². The van der Waals surface area contributed by atoms with Crippen molar-refractivity contribution in [1.29, 1.82) is 0 Å². The summed E-state index contributed by atoms with van der Waals surface area (Å²) in [7, 11) is 0. The van der Waals surface area contributed by atoms with Gasteiger partial charge < -0.3 is 9.47 Å². The van der Waals surface area contributed by atoms with Crippen molar-refractivity contribution in [3.05, 3.63) is 0 Å². The summed E-state index contributed by atoms with van der Waals surface area (Å²) in [6, 6.07) is 0. The Morgan fingerprint density at radius 1 is 1.00 bits per heavy atom. The first-order valence-electron chi connectivity index (χ1n) is 6.96. The summed E-state index contributed by atoms with van der Waals surface area (Å²) in [5, 5.41) is 0. The number of esters is 1. The zero-order valence-electron chi connectivity index (χ0n) is 11.8. The van der Waals surface area contributed by atoms with Crippen LogP contribution in [0.3, 0.4) is 0 Å². The van der Waals surface area contributed by atoms with Gasteiger partial charge in [-0.15, -0.1) is 0 Å². The van der Waals surface area contributed by atoms with Gasteiger partial charge in [0.05, 0.1) is 11.5 Å². The Labute approximate surface area is 105 Å². The van der Waals surface area contributed by atoms with E-state index in [0.29, 0.717) is 12.8 Å². The summed E-state index contributed by atoms with van der Waals surface area (Å²) in [6.45, 7) is 10.3. The Morgan fingerprint density at radius 3 is 1.88 bits per heavy atom. The van der Waals surface area contributed by atoms with Gasteiger partial charge in [0.25, 0.3) is 0 Å². The van der Waals surface area contributed by atoms with E-state index >= 15 is 0 Å². The fourth-order valence-electron chi connectivity index (χ4n) is 2.90. The summed E-state index contributed by atoms with van der Waals surface area (Å²) in [4.78, 5) is 12.2. The van der Waals surface area contributed by atoms with Crippen LogP contribution < -0.4 is 0 Å². The predicted molar refractivity (Wildman–Crippen MR) is 67.6 cm³/mol. The Bertz CT molecular complexity index is 265. The molecule has 0 saturated carbocycles. The number of cyclic esters (lactones) is 1. The number of ether oxygens (including phenoxy) is 2. The van der Waals surface area contributed by atoms with Gasteiger partial charge in [-0.3, -0.25) is 4.79 Å². The third-order valence-electron chi connectivity index (χ3n) is 4.28. The molecule has 1 aliphatic rings. The van der Waals surface area contributed by atoms with Gasteiger partial charge in [0.2, 0.25) is 5.79 Å². The third kappa shape index (κ3) is 2.35. The van der Waals surface area contributed by atoms with Crippen molar-refractivity contribution in [2.75, 3.05) is 0 Å². The lowest BCUT2D eigenvalue weighted by atomic mass is 9.79. The predicted octanol–water partition coefficient (Wildman–Crippen LogP) is 3.66. The molecule has 0 bridgehead atoms. The van der Waals surface area contributed by atoms with Crippen molar-refractivity contribution in [3.63, 3.8) is 0 Å². The topological polar surface area (TPSA) is 35.5 Å². The smallest absolute Gasteiger partial charge is 0.314 e. The van der Waals surface area contributed by atoms with E-state index in [1.807, 2.05) is 20.8 Å². The molecule has 100 valence electrons. The van der Waals surface area contributed by atoms with Crippen molar-refractivity contribution in [3.8, 4) is 0 Å². The van der Waals surface area contributed by atoms with Crippen LogP contribution in [0.25, 0.3) is 0 Å². The highest BCUT2D eigenvalue weighted by Gasteiger charge is 2.53. The number of rotatable bonds is 5. The minimum Gasteiger partial charge on any atom is -0.433 e. The maximum Gasteiger partial charge on any atom is 0.314 e. The summed E-state index contributed by atoms with van der Waals surface area (Å²) in [6.07, 6.45) is 3.93. The molecule has 0 N–H and O–H groups in total. The molecule has 0 radical (unpaired) electrons. The lowest BCUT2D eigenvalue weighted by Crippen LogP contribution is -2.58. The molecule has 0 aromatic carbocycles. The first kappa shape index (κ1) is 14.5. The monoisotopic (exact) mass is 242 g/mol. The van der Waals surface area contributed by atoms with Crippen molar-refractivity contribution < 1.29 is 14.3 Å². The highest BCUT2D eigenvalue weighted by molar-refractivity contribution is 5.75.